The van der Waals surface area contributed by atoms with E-state index in [1.807, 2.05) is 47.9 Å². The molecule has 0 atom stereocenters. The van der Waals surface area contributed by atoms with Gasteiger partial charge in [-0.1, -0.05) is 22.7 Å². The number of hydrogen-bond acceptors (Lipinski definition) is 5. The molecule has 0 fully saturated rings. The molecule has 0 aliphatic rings. The number of hydrogen-bond donors (Lipinski definition) is 0. The van der Waals surface area contributed by atoms with Crippen molar-refractivity contribution in [3.63, 3.8) is 0 Å². The maximum Gasteiger partial charge on any atom is 0.243 e. The normalized spacial score (nSPS) is 11.5. The smallest absolute Gasteiger partial charge is 0.243 e. The van der Waals surface area contributed by atoms with Crippen molar-refractivity contribution in [3.8, 4) is 11.5 Å². The van der Waals surface area contributed by atoms with Crippen LogP contribution in [0.15, 0.2) is 48.5 Å². The summed E-state index contributed by atoms with van der Waals surface area (Å²) in [6.45, 7) is 5.43. The molecule has 0 N–H and O–H groups in total. The van der Waals surface area contributed by atoms with Crippen molar-refractivity contribution < 1.29 is 18.6 Å². The molecule has 4 nitrogen and oxygen atoms in total. The van der Waals surface area contributed by atoms with Gasteiger partial charge < -0.3 is 9.47 Å². The summed E-state index contributed by atoms with van der Waals surface area (Å²) >= 11 is 5.64. The third-order valence-corrected chi connectivity index (χ3v) is 9.27. The van der Waals surface area contributed by atoms with Crippen LogP contribution in [0.3, 0.4) is 0 Å². The minimum absolute atomic E-state index is 0.694. The monoisotopic (exact) mass is 496 g/mol. The molecule has 170 valence electrons. The molecule has 5 rings (SSSR count). The first-order valence-electron chi connectivity index (χ1n) is 11.2. The van der Waals surface area contributed by atoms with Gasteiger partial charge in [0.05, 0.1) is 26.1 Å². The average molecular weight is 497 g/mol. The summed E-state index contributed by atoms with van der Waals surface area (Å²) in [6.07, 6.45) is 1.92. The molecule has 0 radical (unpaired) electrons. The molecule has 33 heavy (non-hydrogen) atoms. The van der Waals surface area contributed by atoms with Crippen molar-refractivity contribution in [1.82, 2.24) is 0 Å². The maximum absolute atomic E-state index is 5.68. The van der Waals surface area contributed by atoms with Crippen LogP contribution < -0.4 is 18.6 Å². The lowest BCUT2D eigenvalue weighted by molar-refractivity contribution is -0.647. The molecule has 0 unspecified atom stereocenters. The van der Waals surface area contributed by atoms with Gasteiger partial charge >= 0.3 is 0 Å². The third kappa shape index (κ3) is 4.50. The molecular weight excluding hydrogens is 468 g/mol. The van der Waals surface area contributed by atoms with Crippen molar-refractivity contribution in [2.45, 2.75) is 26.7 Å². The first-order valence-corrected chi connectivity index (χ1v) is 13.7. The van der Waals surface area contributed by atoms with Crippen molar-refractivity contribution in [3.05, 3.63) is 68.3 Å². The summed E-state index contributed by atoms with van der Waals surface area (Å²) in [7, 11) is 4.33. The molecule has 0 bridgehead atoms. The summed E-state index contributed by atoms with van der Waals surface area (Å²) in [4.78, 5) is 2.80. The van der Waals surface area contributed by atoms with E-state index >= 15 is 0 Å². The molecule has 0 amide bonds. The number of thiazole rings is 2. The average Bonchev–Trinajstić information content (AvgIpc) is 3.46. The second-order valence-electron chi connectivity index (χ2n) is 7.96. The zero-order valence-corrected chi connectivity index (χ0v) is 21.8. The fourth-order valence-electron chi connectivity index (χ4n) is 4.10. The Labute approximate surface area is 206 Å². The second-order valence-corrected chi connectivity index (χ2v) is 11.4. The molecule has 0 spiro atoms. The van der Waals surface area contributed by atoms with E-state index in [1.54, 1.807) is 0 Å². The van der Waals surface area contributed by atoms with Crippen LogP contribution in [0.1, 0.15) is 33.6 Å². The molecule has 5 aromatic rings. The number of aromatic nitrogens is 2. The Morgan fingerprint density at radius 3 is 1.52 bits per heavy atom. The van der Waals surface area contributed by atoms with Crippen LogP contribution in [0.2, 0.25) is 0 Å². The van der Waals surface area contributed by atoms with Crippen molar-refractivity contribution in [1.29, 1.82) is 0 Å². The van der Waals surface area contributed by atoms with Gasteiger partial charge in [-0.05, 0) is 38.1 Å². The first kappa shape index (κ1) is 22.3. The van der Waals surface area contributed by atoms with Crippen LogP contribution in [-0.2, 0) is 26.9 Å². The predicted molar refractivity (Wildman–Crippen MR) is 138 cm³/mol. The summed E-state index contributed by atoms with van der Waals surface area (Å²) in [5, 5.41) is 2.73. The van der Waals surface area contributed by atoms with Gasteiger partial charge in [0, 0.05) is 34.0 Å². The molecule has 0 saturated heterocycles. The van der Waals surface area contributed by atoms with E-state index in [0.717, 1.165) is 24.3 Å². The summed E-state index contributed by atoms with van der Waals surface area (Å²) in [5.74, 6) is 1.89. The topological polar surface area (TPSA) is 26.2 Å². The Morgan fingerprint density at radius 2 is 1.09 bits per heavy atom. The molecule has 3 aromatic heterocycles. The van der Waals surface area contributed by atoms with Gasteiger partial charge in [0.2, 0.25) is 21.0 Å². The molecule has 7 heteroatoms. The van der Waals surface area contributed by atoms with Crippen LogP contribution in [0.25, 0.3) is 20.4 Å². The highest BCUT2D eigenvalue weighted by Gasteiger charge is 2.21. The SMILES string of the molecule is CCOc1ccc2c(c1)sc(Cc1ccc(Cc3sc4cc(OCC)ccc4[n+]3C)s1)[n+]2C. The minimum atomic E-state index is 0.694. The maximum atomic E-state index is 5.68. The van der Waals surface area contributed by atoms with Gasteiger partial charge in [0.25, 0.3) is 0 Å². The lowest BCUT2D eigenvalue weighted by Gasteiger charge is -2.00. The molecular formula is C26H28N2O2S3+2. The standard InChI is InChI=1S/C26H28N2O2S3/c1-5-29-17-7-11-21-23(13-17)32-25(27(21)3)15-19-9-10-20(31-19)16-26-28(4)22-12-8-18(30-6-2)14-24(22)33-26/h7-14H,5-6,15-16H2,1-4H3/q+2. The Balaban J connectivity index is 1.35. The zero-order valence-electron chi connectivity index (χ0n) is 19.4. The van der Waals surface area contributed by atoms with Gasteiger partial charge in [-0.2, -0.15) is 9.13 Å². The van der Waals surface area contributed by atoms with Crippen LogP contribution in [0.4, 0.5) is 0 Å². The van der Waals surface area contributed by atoms with Gasteiger partial charge in [-0.15, -0.1) is 11.3 Å². The van der Waals surface area contributed by atoms with Crippen molar-refractivity contribution in [2.75, 3.05) is 13.2 Å². The largest absolute Gasteiger partial charge is 0.494 e. The molecule has 0 aliphatic heterocycles. The number of thiophene rings is 1. The van der Waals surface area contributed by atoms with E-state index in [1.165, 1.54) is 40.2 Å². The van der Waals surface area contributed by atoms with E-state index in [-0.39, 0.29) is 0 Å². The summed E-state index contributed by atoms with van der Waals surface area (Å²) in [6, 6.07) is 17.3. The number of fused-ring (bicyclic) bond motifs is 2. The van der Waals surface area contributed by atoms with Crippen molar-refractivity contribution in [2.24, 2.45) is 14.1 Å². The Kier molecular flexibility index (Phi) is 6.36. The Hall–Kier alpha value is -2.48. The lowest BCUT2D eigenvalue weighted by Crippen LogP contribution is -2.30. The Bertz CT molecular complexity index is 1320. The van der Waals surface area contributed by atoms with E-state index in [2.05, 4.69) is 71.8 Å². The highest BCUT2D eigenvalue weighted by Crippen LogP contribution is 2.30. The van der Waals surface area contributed by atoms with Crippen LogP contribution >= 0.6 is 34.0 Å². The summed E-state index contributed by atoms with van der Waals surface area (Å²) in [5.41, 5.74) is 2.53. The van der Waals surface area contributed by atoms with E-state index in [4.69, 9.17) is 9.47 Å². The first-order chi connectivity index (χ1) is 16.1. The second kappa shape index (κ2) is 9.41. The fourth-order valence-corrected chi connectivity index (χ4v) is 7.71. The van der Waals surface area contributed by atoms with Gasteiger partial charge in [0.15, 0.2) is 0 Å². The third-order valence-electron chi connectivity index (χ3n) is 5.78. The van der Waals surface area contributed by atoms with E-state index in [0.29, 0.717) is 13.2 Å². The van der Waals surface area contributed by atoms with Crippen molar-refractivity contribution >= 4 is 54.4 Å². The van der Waals surface area contributed by atoms with Crippen LogP contribution in [-0.4, -0.2) is 13.2 Å². The quantitative estimate of drug-likeness (QED) is 0.254. The minimum Gasteiger partial charge on any atom is -0.494 e. The van der Waals surface area contributed by atoms with Crippen LogP contribution in [0.5, 0.6) is 11.5 Å². The van der Waals surface area contributed by atoms with Gasteiger partial charge in [-0.3, -0.25) is 0 Å². The highest BCUT2D eigenvalue weighted by atomic mass is 32.1. The van der Waals surface area contributed by atoms with E-state index in [9.17, 15) is 0 Å². The molecule has 2 aromatic carbocycles. The number of benzene rings is 2. The van der Waals surface area contributed by atoms with Gasteiger partial charge in [0.1, 0.15) is 35.0 Å². The zero-order chi connectivity index (χ0) is 22.9. The predicted octanol–water partition coefficient (Wildman–Crippen LogP) is 5.81. The van der Waals surface area contributed by atoms with Gasteiger partial charge in [-0.25, -0.2) is 0 Å². The lowest BCUT2D eigenvalue weighted by atomic mass is 10.3. The fraction of sp³-hybridized carbons (Fsp3) is 0.308. The number of rotatable bonds is 8. The van der Waals surface area contributed by atoms with Crippen LogP contribution in [0, 0.1) is 0 Å². The molecule has 0 saturated carbocycles. The summed E-state index contributed by atoms with van der Waals surface area (Å²) < 4.78 is 18.6. The number of ether oxygens (including phenoxy) is 2. The number of aryl methyl sites for hydroxylation is 2. The number of nitrogens with zero attached hydrogens (tertiary/aromatic N) is 2. The Morgan fingerprint density at radius 1 is 0.636 bits per heavy atom. The van der Waals surface area contributed by atoms with E-state index < -0.39 is 0 Å². The highest BCUT2D eigenvalue weighted by molar-refractivity contribution is 7.19. The molecule has 3 heterocycles. The molecule has 0 aliphatic carbocycles.